The summed E-state index contributed by atoms with van der Waals surface area (Å²) in [7, 11) is -3.76. The summed E-state index contributed by atoms with van der Waals surface area (Å²) >= 11 is 21.9. The normalized spacial score (nSPS) is 11.2. The van der Waals surface area contributed by atoms with E-state index in [1.54, 1.807) is 0 Å². The zero-order valence-corrected chi connectivity index (χ0v) is 10.9. The predicted octanol–water partition coefficient (Wildman–Crippen LogP) is 4.04. The molecule has 0 spiro atoms. The van der Waals surface area contributed by atoms with Crippen LogP contribution in [0.1, 0.15) is 0 Å². The number of benzene rings is 1. The van der Waals surface area contributed by atoms with Crippen molar-refractivity contribution in [2.45, 2.75) is 4.90 Å². The van der Waals surface area contributed by atoms with Gasteiger partial charge in [-0.05, 0) is 18.2 Å². The van der Waals surface area contributed by atoms with Crippen LogP contribution in [0.4, 0.5) is 0 Å². The second kappa shape index (κ2) is 4.93. The molecule has 0 heterocycles. The minimum atomic E-state index is -3.76. The standard InChI is InChI=1S/C8H4Cl4O2S/c9-5-1-2-6(10)7(3-5)15(13,14)4-8(11)12/h1-4H. The van der Waals surface area contributed by atoms with Crippen molar-refractivity contribution in [2.24, 2.45) is 0 Å². The van der Waals surface area contributed by atoms with Crippen LogP contribution in [-0.2, 0) is 9.84 Å². The van der Waals surface area contributed by atoms with Crippen LogP contribution >= 0.6 is 46.4 Å². The lowest BCUT2D eigenvalue weighted by Gasteiger charge is -2.02. The lowest BCUT2D eigenvalue weighted by atomic mass is 10.4. The monoisotopic (exact) mass is 304 g/mol. The van der Waals surface area contributed by atoms with E-state index < -0.39 is 9.84 Å². The van der Waals surface area contributed by atoms with Gasteiger partial charge in [-0.25, -0.2) is 8.42 Å². The molecule has 0 fully saturated rings. The van der Waals surface area contributed by atoms with E-state index in [0.717, 1.165) is 0 Å². The first-order valence-electron chi connectivity index (χ1n) is 3.56. The number of rotatable bonds is 2. The van der Waals surface area contributed by atoms with Crippen molar-refractivity contribution in [1.82, 2.24) is 0 Å². The maximum absolute atomic E-state index is 11.6. The van der Waals surface area contributed by atoms with Crippen LogP contribution in [0.5, 0.6) is 0 Å². The zero-order chi connectivity index (χ0) is 11.6. The lowest BCUT2D eigenvalue weighted by molar-refractivity contribution is 0.604. The number of hydrogen-bond acceptors (Lipinski definition) is 2. The highest BCUT2D eigenvalue weighted by molar-refractivity contribution is 7.94. The van der Waals surface area contributed by atoms with Gasteiger partial charge >= 0.3 is 0 Å². The predicted molar refractivity (Wildman–Crippen MR) is 63.4 cm³/mol. The Morgan fingerprint density at radius 3 is 2.33 bits per heavy atom. The van der Waals surface area contributed by atoms with Gasteiger partial charge in [0, 0.05) is 5.02 Å². The molecule has 15 heavy (non-hydrogen) atoms. The van der Waals surface area contributed by atoms with Crippen LogP contribution < -0.4 is 0 Å². The van der Waals surface area contributed by atoms with Gasteiger partial charge in [-0.15, -0.1) is 0 Å². The fourth-order valence-electron chi connectivity index (χ4n) is 0.876. The van der Waals surface area contributed by atoms with Gasteiger partial charge in [0.15, 0.2) is 0 Å². The molecule has 0 amide bonds. The van der Waals surface area contributed by atoms with Crippen LogP contribution in [0.3, 0.4) is 0 Å². The quantitative estimate of drug-likeness (QED) is 0.826. The molecule has 7 heteroatoms. The molecule has 1 aromatic carbocycles. The molecule has 82 valence electrons. The second-order valence-corrected chi connectivity index (χ2v) is 6.14. The smallest absolute Gasteiger partial charge is 0.203 e. The molecule has 0 aromatic heterocycles. The Bertz CT molecular complexity index is 503. The third kappa shape index (κ3) is 3.54. The average molecular weight is 306 g/mol. The maximum atomic E-state index is 11.6. The van der Waals surface area contributed by atoms with E-state index in [1.165, 1.54) is 18.2 Å². The molecule has 2 nitrogen and oxygen atoms in total. The van der Waals surface area contributed by atoms with Gasteiger partial charge in [-0.3, -0.25) is 0 Å². The first kappa shape index (κ1) is 13.1. The highest BCUT2D eigenvalue weighted by atomic mass is 35.5. The largest absolute Gasteiger partial charge is 0.219 e. The van der Waals surface area contributed by atoms with Gasteiger partial charge in [0.2, 0.25) is 9.84 Å². The molecular weight excluding hydrogens is 302 g/mol. The topological polar surface area (TPSA) is 34.1 Å². The molecular formula is C8H4Cl4O2S. The van der Waals surface area contributed by atoms with Crippen molar-refractivity contribution >= 4 is 56.2 Å². The lowest BCUT2D eigenvalue weighted by Crippen LogP contribution is -1.97. The molecule has 0 radical (unpaired) electrons. The number of sulfone groups is 1. The highest BCUT2D eigenvalue weighted by Crippen LogP contribution is 2.27. The molecule has 0 aliphatic heterocycles. The van der Waals surface area contributed by atoms with Gasteiger partial charge in [0.1, 0.15) is 4.49 Å². The Labute approximate surface area is 107 Å². The molecule has 1 rings (SSSR count). The fraction of sp³-hybridized carbons (Fsp3) is 0. The van der Waals surface area contributed by atoms with Gasteiger partial charge in [-0.1, -0.05) is 46.4 Å². The first-order valence-corrected chi connectivity index (χ1v) is 6.61. The summed E-state index contributed by atoms with van der Waals surface area (Å²) in [6.07, 6.45) is 0. The van der Waals surface area contributed by atoms with E-state index in [4.69, 9.17) is 46.4 Å². The van der Waals surface area contributed by atoms with Gasteiger partial charge in [0.25, 0.3) is 0 Å². The average Bonchev–Trinajstić information content (AvgIpc) is 2.06. The van der Waals surface area contributed by atoms with Crippen LogP contribution in [0.2, 0.25) is 10.0 Å². The van der Waals surface area contributed by atoms with Crippen LogP contribution in [0.15, 0.2) is 33.0 Å². The molecule has 0 unspecified atom stereocenters. The minimum absolute atomic E-state index is 0.0604. The summed E-state index contributed by atoms with van der Waals surface area (Å²) in [6, 6.07) is 4.09. The van der Waals surface area contributed by atoms with Crippen LogP contribution in [0.25, 0.3) is 0 Å². The summed E-state index contributed by atoms with van der Waals surface area (Å²) < 4.78 is 22.9. The molecule has 0 aliphatic carbocycles. The summed E-state index contributed by atoms with van der Waals surface area (Å²) in [5.74, 6) is 0. The Morgan fingerprint density at radius 1 is 1.20 bits per heavy atom. The number of halogens is 4. The molecule has 0 atom stereocenters. The van der Waals surface area contributed by atoms with Crippen LogP contribution in [0, 0.1) is 0 Å². The van der Waals surface area contributed by atoms with E-state index >= 15 is 0 Å². The Balaban J connectivity index is 3.40. The number of hydrogen-bond donors (Lipinski definition) is 0. The van der Waals surface area contributed by atoms with Crippen molar-refractivity contribution in [3.63, 3.8) is 0 Å². The SMILES string of the molecule is O=S(=O)(C=C(Cl)Cl)c1cc(Cl)ccc1Cl. The highest BCUT2D eigenvalue weighted by Gasteiger charge is 2.16. The van der Waals surface area contributed by atoms with E-state index in [1.807, 2.05) is 0 Å². The van der Waals surface area contributed by atoms with Gasteiger partial charge in [0.05, 0.1) is 15.3 Å². The van der Waals surface area contributed by atoms with E-state index in [0.29, 0.717) is 5.41 Å². The molecule has 0 bridgehead atoms. The van der Waals surface area contributed by atoms with E-state index in [9.17, 15) is 8.42 Å². The van der Waals surface area contributed by atoms with Crippen molar-refractivity contribution in [1.29, 1.82) is 0 Å². The van der Waals surface area contributed by atoms with Gasteiger partial charge < -0.3 is 0 Å². The molecule has 1 aromatic rings. The van der Waals surface area contributed by atoms with Crippen molar-refractivity contribution in [3.05, 3.63) is 38.1 Å². The third-order valence-electron chi connectivity index (χ3n) is 1.44. The van der Waals surface area contributed by atoms with Crippen molar-refractivity contribution in [2.75, 3.05) is 0 Å². The van der Waals surface area contributed by atoms with E-state index in [2.05, 4.69) is 0 Å². The fourth-order valence-corrected chi connectivity index (χ4v) is 3.25. The summed E-state index contributed by atoms with van der Waals surface area (Å²) in [5.41, 5.74) is 0. The molecule has 0 saturated heterocycles. The minimum Gasteiger partial charge on any atom is -0.219 e. The molecule has 0 saturated carbocycles. The van der Waals surface area contributed by atoms with Crippen LogP contribution in [-0.4, -0.2) is 8.42 Å². The molecule has 0 aliphatic rings. The summed E-state index contributed by atoms with van der Waals surface area (Å²) in [6.45, 7) is 0. The second-order valence-electron chi connectivity index (χ2n) is 2.53. The summed E-state index contributed by atoms with van der Waals surface area (Å²) in [5, 5.41) is 1.02. The van der Waals surface area contributed by atoms with E-state index in [-0.39, 0.29) is 19.4 Å². The molecule has 0 N–H and O–H groups in total. The van der Waals surface area contributed by atoms with Crippen molar-refractivity contribution < 1.29 is 8.42 Å². The zero-order valence-electron chi connectivity index (χ0n) is 7.05. The van der Waals surface area contributed by atoms with Gasteiger partial charge in [-0.2, -0.15) is 0 Å². The third-order valence-corrected chi connectivity index (χ3v) is 4.09. The van der Waals surface area contributed by atoms with Crippen molar-refractivity contribution in [3.8, 4) is 0 Å². The Hall–Kier alpha value is 0.0700. The maximum Gasteiger partial charge on any atom is 0.203 e. The summed E-state index contributed by atoms with van der Waals surface area (Å²) in [4.78, 5) is -0.129. The first-order chi connectivity index (χ1) is 6.83. The Kier molecular flexibility index (Phi) is 4.32. The Morgan fingerprint density at radius 2 is 1.80 bits per heavy atom.